The SMILES string of the molecule is CC(C)[C@@H]1NC(O)C/C=C/c2cc3cc(ccc3cn2)[C@@H](C)NC(=O)[C@@H]2CCCN(N2)C(=O)[C@H](C)NC1=O. The van der Waals surface area contributed by atoms with Gasteiger partial charge in [-0.15, -0.1) is 0 Å². The van der Waals surface area contributed by atoms with Crippen LogP contribution in [-0.4, -0.2) is 63.7 Å². The van der Waals surface area contributed by atoms with Gasteiger partial charge in [0.25, 0.3) is 5.91 Å². The summed E-state index contributed by atoms with van der Waals surface area (Å²) >= 11 is 0. The van der Waals surface area contributed by atoms with E-state index in [2.05, 4.69) is 26.4 Å². The van der Waals surface area contributed by atoms with Gasteiger partial charge < -0.3 is 15.7 Å². The summed E-state index contributed by atoms with van der Waals surface area (Å²) in [7, 11) is 0. The van der Waals surface area contributed by atoms with E-state index in [0.29, 0.717) is 19.4 Å². The van der Waals surface area contributed by atoms with Crippen molar-refractivity contribution in [2.75, 3.05) is 6.54 Å². The molecule has 2 aliphatic heterocycles. The Labute approximate surface area is 223 Å². The van der Waals surface area contributed by atoms with E-state index in [9.17, 15) is 19.5 Å². The van der Waals surface area contributed by atoms with Gasteiger partial charge in [-0.3, -0.25) is 29.7 Å². The van der Waals surface area contributed by atoms with Crippen molar-refractivity contribution >= 4 is 34.6 Å². The van der Waals surface area contributed by atoms with Gasteiger partial charge in [0.05, 0.1) is 17.8 Å². The van der Waals surface area contributed by atoms with Gasteiger partial charge in [-0.2, -0.15) is 0 Å². The quantitative estimate of drug-likeness (QED) is 0.385. The van der Waals surface area contributed by atoms with E-state index in [1.165, 1.54) is 5.01 Å². The predicted molar refractivity (Wildman–Crippen MR) is 145 cm³/mol. The zero-order chi connectivity index (χ0) is 27.4. The van der Waals surface area contributed by atoms with Crippen LogP contribution in [0.15, 0.2) is 36.5 Å². The third-order valence-corrected chi connectivity index (χ3v) is 7.09. The van der Waals surface area contributed by atoms with E-state index >= 15 is 0 Å². The summed E-state index contributed by atoms with van der Waals surface area (Å²) in [5.41, 5.74) is 4.74. The Bertz CT molecular complexity index is 1220. The highest BCUT2D eigenvalue weighted by atomic mass is 16.3. The fourth-order valence-electron chi connectivity index (χ4n) is 4.83. The number of pyridine rings is 1. The summed E-state index contributed by atoms with van der Waals surface area (Å²) in [5.74, 6) is -1.01. The lowest BCUT2D eigenvalue weighted by Gasteiger charge is -2.35. The second kappa shape index (κ2) is 12.0. The molecule has 5 bridgehead atoms. The second-order valence-electron chi connectivity index (χ2n) is 10.5. The molecule has 1 aromatic carbocycles. The topological polar surface area (TPSA) is 136 Å². The van der Waals surface area contributed by atoms with E-state index in [-0.39, 0.29) is 36.1 Å². The number of nitrogens with one attached hydrogen (secondary N) is 4. The molecule has 1 unspecified atom stereocenters. The molecule has 3 heterocycles. The van der Waals surface area contributed by atoms with Crippen molar-refractivity contribution in [2.45, 2.75) is 77.4 Å². The smallest absolute Gasteiger partial charge is 0.258 e. The van der Waals surface area contributed by atoms with Gasteiger partial charge in [-0.25, -0.2) is 5.43 Å². The summed E-state index contributed by atoms with van der Waals surface area (Å²) in [6, 6.07) is 5.64. The summed E-state index contributed by atoms with van der Waals surface area (Å²) in [4.78, 5) is 43.8. The number of carbonyl (C=O) groups excluding carboxylic acids is 3. The number of fused-ring (bicyclic) bond motifs is 4. The zero-order valence-corrected chi connectivity index (χ0v) is 22.4. The summed E-state index contributed by atoms with van der Waals surface area (Å²) in [5, 5.41) is 22.8. The van der Waals surface area contributed by atoms with Gasteiger partial charge >= 0.3 is 0 Å². The van der Waals surface area contributed by atoms with Crippen LogP contribution >= 0.6 is 0 Å². The maximum absolute atomic E-state index is 13.1. The molecule has 0 saturated carbocycles. The lowest BCUT2D eigenvalue weighted by Crippen LogP contribution is -2.62. The van der Waals surface area contributed by atoms with Crippen LogP contribution in [0.2, 0.25) is 0 Å². The predicted octanol–water partition coefficient (Wildman–Crippen LogP) is 1.76. The molecule has 1 saturated heterocycles. The molecule has 10 heteroatoms. The molecule has 38 heavy (non-hydrogen) atoms. The van der Waals surface area contributed by atoms with Crippen molar-refractivity contribution < 1.29 is 19.5 Å². The molecule has 5 atom stereocenters. The minimum Gasteiger partial charge on any atom is -0.378 e. The van der Waals surface area contributed by atoms with Crippen LogP contribution in [-0.2, 0) is 14.4 Å². The molecule has 1 aromatic heterocycles. The number of rotatable bonds is 1. The average Bonchev–Trinajstić information content (AvgIpc) is 2.90. The van der Waals surface area contributed by atoms with Crippen molar-refractivity contribution in [3.8, 4) is 0 Å². The molecule has 204 valence electrons. The Morgan fingerprint density at radius 1 is 1.03 bits per heavy atom. The number of hydrogen-bond acceptors (Lipinski definition) is 7. The Hall–Kier alpha value is -3.34. The first-order valence-electron chi connectivity index (χ1n) is 13.3. The van der Waals surface area contributed by atoms with Gasteiger partial charge in [-0.05, 0) is 61.8 Å². The number of carbonyl (C=O) groups is 3. The van der Waals surface area contributed by atoms with E-state index in [1.54, 1.807) is 13.1 Å². The second-order valence-corrected chi connectivity index (χ2v) is 10.5. The van der Waals surface area contributed by atoms with E-state index in [1.807, 2.05) is 57.2 Å². The van der Waals surface area contributed by atoms with E-state index in [0.717, 1.165) is 22.0 Å². The minimum absolute atomic E-state index is 0.128. The average molecular weight is 523 g/mol. The lowest BCUT2D eigenvalue weighted by atomic mass is 10.0. The number of aliphatic hydroxyl groups excluding tert-OH is 1. The molecule has 3 amide bonds. The molecule has 0 spiro atoms. The highest BCUT2D eigenvalue weighted by Gasteiger charge is 2.33. The van der Waals surface area contributed by atoms with Crippen molar-refractivity contribution in [3.63, 3.8) is 0 Å². The normalized spacial score (nSPS) is 28.7. The first-order chi connectivity index (χ1) is 18.1. The van der Waals surface area contributed by atoms with Crippen molar-refractivity contribution in [1.29, 1.82) is 0 Å². The fourth-order valence-corrected chi connectivity index (χ4v) is 4.83. The van der Waals surface area contributed by atoms with Gasteiger partial charge in [0, 0.05) is 24.5 Å². The molecule has 5 N–H and O–H groups in total. The number of amides is 3. The van der Waals surface area contributed by atoms with Crippen molar-refractivity contribution in [3.05, 3.63) is 47.8 Å². The number of hydrogen-bond donors (Lipinski definition) is 5. The molecule has 2 aromatic rings. The van der Waals surface area contributed by atoms with Gasteiger partial charge in [0.15, 0.2) is 0 Å². The Kier molecular flexibility index (Phi) is 8.76. The molecule has 2 aliphatic rings. The maximum atomic E-state index is 13.1. The fraction of sp³-hybridized carbons (Fsp3) is 0.500. The molecule has 0 aliphatic carbocycles. The molecule has 0 radical (unpaired) electrons. The largest absolute Gasteiger partial charge is 0.378 e. The number of aromatic nitrogens is 1. The van der Waals surface area contributed by atoms with E-state index < -0.39 is 24.4 Å². The Balaban J connectivity index is 1.64. The molecule has 10 nitrogen and oxygen atoms in total. The monoisotopic (exact) mass is 522 g/mol. The van der Waals surface area contributed by atoms with Crippen LogP contribution in [0.25, 0.3) is 16.8 Å². The number of hydrazine groups is 1. The van der Waals surface area contributed by atoms with Crippen LogP contribution in [0.5, 0.6) is 0 Å². The minimum atomic E-state index is -0.959. The Morgan fingerprint density at radius 3 is 2.55 bits per heavy atom. The van der Waals surface area contributed by atoms with Crippen LogP contribution in [0, 0.1) is 5.92 Å². The zero-order valence-electron chi connectivity index (χ0n) is 22.4. The van der Waals surface area contributed by atoms with Crippen LogP contribution in [0.3, 0.4) is 0 Å². The van der Waals surface area contributed by atoms with Crippen molar-refractivity contribution in [2.24, 2.45) is 5.92 Å². The molecular weight excluding hydrogens is 484 g/mol. The standard InChI is InChI=1S/C28H38N6O4/c1-16(2)25-27(37)31-18(4)28(38)34-12-6-8-23(33-34)26(36)30-17(3)19-10-11-20-15-29-22(14-21(20)13-19)7-5-9-24(35)32-25/h5,7,10-11,13-18,23-25,32-33,35H,6,8-9,12H2,1-4H3,(H,30,36)(H,31,37)/b7-5+/t17-,18+,23+,24?,25+/m1/s1. The van der Waals surface area contributed by atoms with E-state index in [4.69, 9.17) is 0 Å². The first-order valence-corrected chi connectivity index (χ1v) is 13.3. The van der Waals surface area contributed by atoms with Crippen LogP contribution in [0.1, 0.15) is 64.3 Å². The van der Waals surface area contributed by atoms with Gasteiger partial charge in [0.2, 0.25) is 11.8 Å². The molecule has 1 fully saturated rings. The number of aliphatic hydroxyl groups is 1. The summed E-state index contributed by atoms with van der Waals surface area (Å²) in [6.45, 7) is 7.74. The summed E-state index contributed by atoms with van der Waals surface area (Å²) in [6.07, 6.45) is 6.00. The third-order valence-electron chi connectivity index (χ3n) is 7.09. The first kappa shape index (κ1) is 27.7. The van der Waals surface area contributed by atoms with Crippen LogP contribution in [0.4, 0.5) is 0 Å². The molecular formula is C28H38N6O4. The lowest BCUT2D eigenvalue weighted by molar-refractivity contribution is -0.143. The van der Waals surface area contributed by atoms with Gasteiger partial charge in [0.1, 0.15) is 18.3 Å². The van der Waals surface area contributed by atoms with Crippen molar-refractivity contribution in [1.82, 2.24) is 31.4 Å². The highest BCUT2D eigenvalue weighted by molar-refractivity contribution is 5.90. The van der Waals surface area contributed by atoms with Gasteiger partial charge in [-0.1, -0.05) is 32.1 Å². The highest BCUT2D eigenvalue weighted by Crippen LogP contribution is 2.22. The number of benzene rings is 1. The maximum Gasteiger partial charge on any atom is 0.258 e. The van der Waals surface area contributed by atoms with Crippen LogP contribution < -0.4 is 21.4 Å². The number of nitrogens with zero attached hydrogens (tertiary/aromatic N) is 2. The Morgan fingerprint density at radius 2 is 1.79 bits per heavy atom. The summed E-state index contributed by atoms with van der Waals surface area (Å²) < 4.78 is 0. The molecule has 4 rings (SSSR count). The third kappa shape index (κ3) is 6.56.